The fourth-order valence-corrected chi connectivity index (χ4v) is 3.93. The molecule has 0 spiro atoms. The number of phenolic OH excluding ortho intramolecular Hbond substituents is 1. The van der Waals surface area contributed by atoms with Crippen molar-refractivity contribution in [1.82, 2.24) is 20.2 Å². The first-order valence-electron chi connectivity index (χ1n) is 10.0. The molecule has 9 heteroatoms. The minimum Gasteiger partial charge on any atom is -0.508 e. The molecule has 3 aromatic carbocycles. The third kappa shape index (κ3) is 5.60. The average Bonchev–Trinajstić information content (AvgIpc) is 3.26. The molecule has 0 aliphatic carbocycles. The highest BCUT2D eigenvalue weighted by Gasteiger charge is 2.17. The van der Waals surface area contributed by atoms with Crippen molar-refractivity contribution in [3.05, 3.63) is 89.4 Å². The van der Waals surface area contributed by atoms with Gasteiger partial charge >= 0.3 is 0 Å². The lowest BCUT2D eigenvalue weighted by atomic mass is 10.1. The van der Waals surface area contributed by atoms with E-state index in [1.54, 1.807) is 43.3 Å². The van der Waals surface area contributed by atoms with Gasteiger partial charge in [-0.1, -0.05) is 65.8 Å². The third-order valence-electron chi connectivity index (χ3n) is 4.69. The van der Waals surface area contributed by atoms with Crippen LogP contribution in [-0.2, 0) is 4.79 Å². The van der Waals surface area contributed by atoms with Crippen molar-refractivity contribution >= 4 is 35.0 Å². The molecule has 1 aromatic heterocycles. The van der Waals surface area contributed by atoms with Crippen LogP contribution in [0.3, 0.4) is 0 Å². The van der Waals surface area contributed by atoms with Crippen molar-refractivity contribution in [2.24, 2.45) is 5.10 Å². The van der Waals surface area contributed by atoms with Gasteiger partial charge in [-0.05, 0) is 43.3 Å². The van der Waals surface area contributed by atoms with Crippen molar-refractivity contribution in [1.29, 1.82) is 0 Å². The van der Waals surface area contributed by atoms with Gasteiger partial charge in [0.25, 0.3) is 5.91 Å². The molecule has 0 unspecified atom stereocenters. The van der Waals surface area contributed by atoms with Gasteiger partial charge in [-0.2, -0.15) is 5.10 Å². The number of amides is 1. The lowest BCUT2D eigenvalue weighted by Crippen LogP contribution is -2.21. The molecule has 0 aliphatic heterocycles. The van der Waals surface area contributed by atoms with E-state index < -0.39 is 0 Å². The molecule has 0 saturated carbocycles. The Labute approximate surface area is 200 Å². The predicted octanol–water partition coefficient (Wildman–Crippen LogP) is 4.93. The quantitative estimate of drug-likeness (QED) is 0.224. The summed E-state index contributed by atoms with van der Waals surface area (Å²) in [6.45, 7) is 1.76. The standard InChI is InChI=1S/C24H20ClN5O2S/c1-16(18-8-5-9-21(31)14-18)26-27-22(32)15-33-24-29-28-23(17-6-3-2-4-7-17)30(24)20-12-10-19(25)11-13-20/h2-14,31H,15H2,1H3,(H,27,32)/b26-16+. The van der Waals surface area contributed by atoms with Crippen molar-refractivity contribution in [2.45, 2.75) is 12.1 Å². The van der Waals surface area contributed by atoms with Gasteiger partial charge in [-0.3, -0.25) is 9.36 Å². The van der Waals surface area contributed by atoms with Crippen molar-refractivity contribution in [3.8, 4) is 22.8 Å². The van der Waals surface area contributed by atoms with Gasteiger partial charge in [-0.15, -0.1) is 10.2 Å². The van der Waals surface area contributed by atoms with Crippen LogP contribution < -0.4 is 5.43 Å². The van der Waals surface area contributed by atoms with Gasteiger partial charge in [0.2, 0.25) is 0 Å². The van der Waals surface area contributed by atoms with Crippen LogP contribution in [0.1, 0.15) is 12.5 Å². The Morgan fingerprint density at radius 1 is 1.06 bits per heavy atom. The minimum atomic E-state index is -0.286. The highest BCUT2D eigenvalue weighted by molar-refractivity contribution is 7.99. The van der Waals surface area contributed by atoms with Crippen LogP contribution in [-0.4, -0.2) is 37.2 Å². The number of halogens is 1. The fourth-order valence-electron chi connectivity index (χ4n) is 3.06. The summed E-state index contributed by atoms with van der Waals surface area (Å²) in [5, 5.41) is 23.6. The van der Waals surface area contributed by atoms with Crippen LogP contribution in [0.25, 0.3) is 17.1 Å². The molecule has 4 aromatic rings. The molecule has 2 N–H and O–H groups in total. The van der Waals surface area contributed by atoms with Gasteiger partial charge in [0, 0.05) is 21.8 Å². The number of hydrogen-bond donors (Lipinski definition) is 2. The van der Waals surface area contributed by atoms with E-state index in [1.165, 1.54) is 11.8 Å². The van der Waals surface area contributed by atoms with Gasteiger partial charge in [0.05, 0.1) is 11.5 Å². The maximum Gasteiger partial charge on any atom is 0.250 e. The molecule has 4 rings (SSSR count). The normalized spacial score (nSPS) is 11.4. The highest BCUT2D eigenvalue weighted by atomic mass is 35.5. The number of rotatable bonds is 7. The fraction of sp³-hybridized carbons (Fsp3) is 0.0833. The minimum absolute atomic E-state index is 0.0946. The van der Waals surface area contributed by atoms with Crippen LogP contribution in [0, 0.1) is 0 Å². The Morgan fingerprint density at radius 3 is 2.55 bits per heavy atom. The first-order valence-corrected chi connectivity index (χ1v) is 11.4. The SMILES string of the molecule is C/C(=N\NC(=O)CSc1nnc(-c2ccccc2)n1-c1ccc(Cl)cc1)c1cccc(O)c1. The highest BCUT2D eigenvalue weighted by Crippen LogP contribution is 2.28. The van der Waals surface area contributed by atoms with E-state index in [1.807, 2.05) is 47.0 Å². The first kappa shape index (κ1) is 22.6. The van der Waals surface area contributed by atoms with Crippen LogP contribution in [0.15, 0.2) is 89.1 Å². The molecule has 166 valence electrons. The topological polar surface area (TPSA) is 92.4 Å². The summed E-state index contributed by atoms with van der Waals surface area (Å²) in [6, 6.07) is 23.7. The van der Waals surface area contributed by atoms with Gasteiger partial charge in [0.1, 0.15) is 5.75 Å². The molecular formula is C24H20ClN5O2S. The number of aromatic nitrogens is 3. The average molecular weight is 478 g/mol. The smallest absolute Gasteiger partial charge is 0.250 e. The van der Waals surface area contributed by atoms with E-state index in [-0.39, 0.29) is 17.4 Å². The van der Waals surface area contributed by atoms with E-state index in [4.69, 9.17) is 11.6 Å². The van der Waals surface area contributed by atoms with Crippen LogP contribution >= 0.6 is 23.4 Å². The van der Waals surface area contributed by atoms with Gasteiger partial charge < -0.3 is 5.11 Å². The lowest BCUT2D eigenvalue weighted by molar-refractivity contribution is -0.118. The Hall–Kier alpha value is -3.62. The molecule has 1 heterocycles. The number of benzene rings is 3. The van der Waals surface area contributed by atoms with Crippen LogP contribution in [0.4, 0.5) is 0 Å². The summed E-state index contributed by atoms with van der Waals surface area (Å²) in [7, 11) is 0. The second-order valence-electron chi connectivity index (χ2n) is 7.06. The van der Waals surface area contributed by atoms with Crippen molar-refractivity contribution in [3.63, 3.8) is 0 Å². The number of thioether (sulfide) groups is 1. The summed E-state index contributed by atoms with van der Waals surface area (Å²) in [5.74, 6) is 0.613. The second-order valence-corrected chi connectivity index (χ2v) is 8.43. The van der Waals surface area contributed by atoms with Gasteiger partial charge in [0.15, 0.2) is 11.0 Å². The van der Waals surface area contributed by atoms with E-state index in [0.717, 1.165) is 16.8 Å². The number of carbonyl (C=O) groups is 1. The molecular weight excluding hydrogens is 458 g/mol. The third-order valence-corrected chi connectivity index (χ3v) is 5.88. The van der Waals surface area contributed by atoms with E-state index in [0.29, 0.717) is 21.7 Å². The number of hydrogen-bond acceptors (Lipinski definition) is 6. The summed E-state index contributed by atoms with van der Waals surface area (Å²) in [4.78, 5) is 12.4. The second kappa shape index (κ2) is 10.3. The Bertz CT molecular complexity index is 1290. The number of carbonyl (C=O) groups excluding carboxylic acids is 1. The Kier molecular flexibility index (Phi) is 7.07. The maximum atomic E-state index is 12.4. The summed E-state index contributed by atoms with van der Waals surface area (Å²) < 4.78 is 1.89. The van der Waals surface area contributed by atoms with Crippen LogP contribution in [0.2, 0.25) is 5.02 Å². The predicted molar refractivity (Wildman–Crippen MR) is 131 cm³/mol. The number of nitrogens with zero attached hydrogens (tertiary/aromatic N) is 4. The number of phenols is 1. The number of nitrogens with one attached hydrogen (secondary N) is 1. The zero-order valence-electron chi connectivity index (χ0n) is 17.6. The molecule has 33 heavy (non-hydrogen) atoms. The Morgan fingerprint density at radius 2 is 1.82 bits per heavy atom. The summed E-state index contributed by atoms with van der Waals surface area (Å²) in [5.41, 5.74) is 5.59. The Balaban J connectivity index is 1.52. The molecule has 0 aliphatic rings. The lowest BCUT2D eigenvalue weighted by Gasteiger charge is -2.10. The largest absolute Gasteiger partial charge is 0.508 e. The molecule has 0 fully saturated rings. The van der Waals surface area contributed by atoms with E-state index >= 15 is 0 Å². The molecule has 0 bridgehead atoms. The molecule has 7 nitrogen and oxygen atoms in total. The first-order chi connectivity index (χ1) is 16.0. The molecule has 0 atom stereocenters. The monoisotopic (exact) mass is 477 g/mol. The maximum absolute atomic E-state index is 12.4. The van der Waals surface area contributed by atoms with Crippen molar-refractivity contribution < 1.29 is 9.90 Å². The molecule has 1 amide bonds. The molecule has 0 saturated heterocycles. The van der Waals surface area contributed by atoms with Crippen molar-refractivity contribution in [2.75, 3.05) is 5.75 Å². The summed E-state index contributed by atoms with van der Waals surface area (Å²) in [6.07, 6.45) is 0. The summed E-state index contributed by atoms with van der Waals surface area (Å²) >= 11 is 7.32. The van der Waals surface area contributed by atoms with Gasteiger partial charge in [-0.25, -0.2) is 5.43 Å². The van der Waals surface area contributed by atoms with E-state index in [9.17, 15) is 9.90 Å². The zero-order valence-corrected chi connectivity index (χ0v) is 19.2. The number of aromatic hydroxyl groups is 1. The van der Waals surface area contributed by atoms with Crippen LogP contribution in [0.5, 0.6) is 5.75 Å². The van der Waals surface area contributed by atoms with E-state index in [2.05, 4.69) is 20.7 Å². The zero-order chi connectivity index (χ0) is 23.2. The number of hydrazone groups is 1. The molecule has 0 radical (unpaired) electrons.